The van der Waals surface area contributed by atoms with Crippen LogP contribution in [0.3, 0.4) is 0 Å². The first-order valence-corrected chi connectivity index (χ1v) is 6.13. The van der Waals surface area contributed by atoms with Crippen molar-refractivity contribution < 1.29 is 4.39 Å². The number of nitrogens with zero attached hydrogens (tertiary/aromatic N) is 5. The molecular weight excluding hydrogens is 257 g/mol. The molecule has 0 aliphatic rings. The van der Waals surface area contributed by atoms with Crippen LogP contribution in [0.15, 0.2) is 36.5 Å². The van der Waals surface area contributed by atoms with Crippen LogP contribution in [0.4, 0.5) is 4.39 Å². The summed E-state index contributed by atoms with van der Waals surface area (Å²) in [7, 11) is 0. The van der Waals surface area contributed by atoms with E-state index in [-0.39, 0.29) is 5.82 Å². The van der Waals surface area contributed by atoms with Crippen LogP contribution in [-0.4, -0.2) is 25.0 Å². The summed E-state index contributed by atoms with van der Waals surface area (Å²) in [5.74, 6) is 0.196. The summed E-state index contributed by atoms with van der Waals surface area (Å²) >= 11 is 0. The van der Waals surface area contributed by atoms with E-state index >= 15 is 0 Å². The topological polar surface area (TPSA) is 56.5 Å². The van der Waals surface area contributed by atoms with Crippen molar-refractivity contribution in [3.05, 3.63) is 53.7 Å². The molecule has 5 nitrogen and oxygen atoms in total. The van der Waals surface area contributed by atoms with Crippen molar-refractivity contribution in [1.82, 2.24) is 25.0 Å². The third-order valence-corrected chi connectivity index (χ3v) is 2.81. The second-order valence-corrected chi connectivity index (χ2v) is 4.51. The van der Waals surface area contributed by atoms with Gasteiger partial charge in [-0.2, -0.15) is 4.68 Å². The van der Waals surface area contributed by atoms with E-state index in [0.29, 0.717) is 11.6 Å². The summed E-state index contributed by atoms with van der Waals surface area (Å²) in [6.07, 6.45) is 1.72. The molecule has 0 saturated carbocycles. The molecule has 0 saturated heterocycles. The van der Waals surface area contributed by atoms with E-state index in [4.69, 9.17) is 0 Å². The fourth-order valence-electron chi connectivity index (χ4n) is 1.92. The summed E-state index contributed by atoms with van der Waals surface area (Å²) in [5.41, 5.74) is 3.17. The molecule has 0 N–H and O–H groups in total. The Hall–Kier alpha value is -2.63. The molecule has 0 aliphatic carbocycles. The minimum atomic E-state index is -0.279. The Morgan fingerprint density at radius 3 is 2.30 bits per heavy atom. The maximum absolute atomic E-state index is 12.9. The van der Waals surface area contributed by atoms with E-state index in [1.807, 2.05) is 19.9 Å². The Morgan fingerprint density at radius 2 is 1.65 bits per heavy atom. The van der Waals surface area contributed by atoms with E-state index in [1.54, 1.807) is 18.3 Å². The summed E-state index contributed by atoms with van der Waals surface area (Å²) in [5, 5.41) is 8.08. The fourth-order valence-corrected chi connectivity index (χ4v) is 1.92. The molecule has 6 heteroatoms. The molecule has 100 valence electrons. The van der Waals surface area contributed by atoms with Gasteiger partial charge in [0, 0.05) is 17.0 Å². The van der Waals surface area contributed by atoms with Crippen molar-refractivity contribution in [2.45, 2.75) is 13.8 Å². The van der Waals surface area contributed by atoms with Gasteiger partial charge in [0.05, 0.1) is 6.20 Å². The first-order chi connectivity index (χ1) is 9.61. The van der Waals surface area contributed by atoms with Crippen LogP contribution in [0, 0.1) is 19.7 Å². The Balaban J connectivity index is 1.99. The Morgan fingerprint density at radius 1 is 1.00 bits per heavy atom. The first-order valence-electron chi connectivity index (χ1n) is 6.13. The van der Waals surface area contributed by atoms with Crippen molar-refractivity contribution in [2.24, 2.45) is 0 Å². The second-order valence-electron chi connectivity index (χ2n) is 4.51. The monoisotopic (exact) mass is 269 g/mol. The van der Waals surface area contributed by atoms with Crippen LogP contribution in [0.25, 0.3) is 17.2 Å². The minimum absolute atomic E-state index is 0.279. The predicted octanol–water partition coefficient (Wildman–Crippen LogP) is 2.48. The zero-order valence-electron chi connectivity index (χ0n) is 11.1. The second kappa shape index (κ2) is 4.80. The largest absolute Gasteiger partial charge is 0.252 e. The lowest BCUT2D eigenvalue weighted by Crippen LogP contribution is -2.04. The third kappa shape index (κ3) is 2.40. The van der Waals surface area contributed by atoms with Gasteiger partial charge in [-0.25, -0.2) is 14.4 Å². The highest BCUT2D eigenvalue weighted by atomic mass is 19.1. The number of aryl methyl sites for hydroxylation is 2. The number of rotatable bonds is 2. The van der Waals surface area contributed by atoms with Gasteiger partial charge in [0.2, 0.25) is 0 Å². The SMILES string of the molecule is Cc1cc(C)nc(-n2cc(-c3ccc(F)cc3)nn2)n1. The number of benzene rings is 1. The summed E-state index contributed by atoms with van der Waals surface area (Å²) in [6.45, 7) is 3.80. The van der Waals surface area contributed by atoms with Gasteiger partial charge in [-0.15, -0.1) is 5.10 Å². The molecule has 0 aliphatic heterocycles. The van der Waals surface area contributed by atoms with Gasteiger partial charge in [-0.3, -0.25) is 0 Å². The first kappa shape index (κ1) is 12.4. The molecule has 2 aromatic heterocycles. The van der Waals surface area contributed by atoms with Gasteiger partial charge in [-0.1, -0.05) is 5.21 Å². The van der Waals surface area contributed by atoms with Gasteiger partial charge in [0.25, 0.3) is 5.95 Å². The molecule has 0 radical (unpaired) electrons. The van der Waals surface area contributed by atoms with Crippen LogP contribution in [0.2, 0.25) is 0 Å². The van der Waals surface area contributed by atoms with Gasteiger partial charge >= 0.3 is 0 Å². The van der Waals surface area contributed by atoms with Crippen LogP contribution in [0.5, 0.6) is 0 Å². The highest BCUT2D eigenvalue weighted by Crippen LogP contribution is 2.17. The molecule has 2 heterocycles. The standard InChI is InChI=1S/C14H12FN5/c1-9-7-10(2)17-14(16-9)20-8-13(18-19-20)11-3-5-12(15)6-4-11/h3-8H,1-2H3. The molecule has 3 rings (SSSR count). The van der Waals surface area contributed by atoms with Crippen molar-refractivity contribution in [2.75, 3.05) is 0 Å². The summed E-state index contributed by atoms with van der Waals surface area (Å²) in [4.78, 5) is 8.63. The maximum atomic E-state index is 12.9. The Labute approximate surface area is 115 Å². The van der Waals surface area contributed by atoms with Gasteiger partial charge in [-0.05, 0) is 44.2 Å². The highest BCUT2D eigenvalue weighted by Gasteiger charge is 2.08. The lowest BCUT2D eigenvalue weighted by atomic mass is 10.2. The molecule has 0 atom stereocenters. The third-order valence-electron chi connectivity index (χ3n) is 2.81. The zero-order valence-corrected chi connectivity index (χ0v) is 11.1. The summed E-state index contributed by atoms with van der Waals surface area (Å²) in [6, 6.07) is 7.99. The fraction of sp³-hybridized carbons (Fsp3) is 0.143. The van der Waals surface area contributed by atoms with Crippen molar-refractivity contribution in [1.29, 1.82) is 0 Å². The summed E-state index contributed by atoms with van der Waals surface area (Å²) < 4.78 is 14.4. The van der Waals surface area contributed by atoms with Crippen molar-refractivity contribution >= 4 is 0 Å². The molecule has 1 aromatic carbocycles. The van der Waals surface area contributed by atoms with Gasteiger partial charge < -0.3 is 0 Å². The van der Waals surface area contributed by atoms with Crippen LogP contribution >= 0.6 is 0 Å². The molecule has 0 bridgehead atoms. The molecule has 0 amide bonds. The Bertz CT molecular complexity index is 728. The number of halogens is 1. The Kier molecular flexibility index (Phi) is 2.98. The van der Waals surface area contributed by atoms with Gasteiger partial charge in [0.1, 0.15) is 11.5 Å². The van der Waals surface area contributed by atoms with Crippen molar-refractivity contribution in [3.63, 3.8) is 0 Å². The normalized spacial score (nSPS) is 10.8. The maximum Gasteiger partial charge on any atom is 0.252 e. The van der Waals surface area contributed by atoms with Gasteiger partial charge in [0.15, 0.2) is 0 Å². The van der Waals surface area contributed by atoms with Crippen molar-refractivity contribution in [3.8, 4) is 17.2 Å². The lowest BCUT2D eigenvalue weighted by molar-refractivity contribution is 0.628. The molecule has 0 unspecified atom stereocenters. The molecule has 0 fully saturated rings. The highest BCUT2D eigenvalue weighted by molar-refractivity contribution is 5.57. The quantitative estimate of drug-likeness (QED) is 0.717. The molecule has 20 heavy (non-hydrogen) atoms. The lowest BCUT2D eigenvalue weighted by Gasteiger charge is -2.01. The van der Waals surface area contributed by atoms with Crippen LogP contribution in [0.1, 0.15) is 11.4 Å². The minimum Gasteiger partial charge on any atom is -0.216 e. The smallest absolute Gasteiger partial charge is 0.216 e. The van der Waals surface area contributed by atoms with Crippen LogP contribution < -0.4 is 0 Å². The molecule has 0 spiro atoms. The van der Waals surface area contributed by atoms with E-state index in [1.165, 1.54) is 16.8 Å². The van der Waals surface area contributed by atoms with E-state index in [9.17, 15) is 4.39 Å². The number of aromatic nitrogens is 5. The predicted molar refractivity (Wildman–Crippen MR) is 71.8 cm³/mol. The number of hydrogen-bond acceptors (Lipinski definition) is 4. The van der Waals surface area contributed by atoms with E-state index < -0.39 is 0 Å². The van der Waals surface area contributed by atoms with Crippen LogP contribution in [-0.2, 0) is 0 Å². The average Bonchev–Trinajstić information content (AvgIpc) is 2.88. The molecular formula is C14H12FN5. The zero-order chi connectivity index (χ0) is 14.1. The molecule has 3 aromatic rings. The average molecular weight is 269 g/mol. The van der Waals surface area contributed by atoms with E-state index in [2.05, 4.69) is 20.3 Å². The van der Waals surface area contributed by atoms with E-state index in [0.717, 1.165) is 17.0 Å². The number of hydrogen-bond donors (Lipinski definition) is 0.